The number of nitrogen functional groups attached to an aromatic ring is 1. The fourth-order valence-corrected chi connectivity index (χ4v) is 3.68. The van der Waals surface area contributed by atoms with E-state index in [2.05, 4.69) is 10.3 Å². The van der Waals surface area contributed by atoms with Gasteiger partial charge < -0.3 is 20.8 Å². The van der Waals surface area contributed by atoms with E-state index in [1.807, 2.05) is 43.5 Å². The molecule has 0 radical (unpaired) electrons. The fourth-order valence-electron chi connectivity index (χ4n) is 2.63. The number of amides is 1. The van der Waals surface area contributed by atoms with Crippen LogP contribution in [0.2, 0.25) is 0 Å². The van der Waals surface area contributed by atoms with Gasteiger partial charge in [0.2, 0.25) is 0 Å². The van der Waals surface area contributed by atoms with Crippen molar-refractivity contribution in [3.63, 3.8) is 0 Å². The highest BCUT2D eigenvalue weighted by atomic mass is 32.1. The topological polar surface area (TPSA) is 80.1 Å². The number of aromatic nitrogens is 1. The number of hydrogen-bond donors (Lipinski definition) is 3. The van der Waals surface area contributed by atoms with Crippen LogP contribution in [-0.2, 0) is 0 Å². The second-order valence-corrected chi connectivity index (χ2v) is 6.33. The number of benzene rings is 1. The Morgan fingerprint density at radius 3 is 2.91 bits per heavy atom. The highest BCUT2D eigenvalue weighted by Gasteiger charge is 2.22. The molecule has 2 aromatic heterocycles. The minimum Gasteiger partial charge on any atom is -0.494 e. The highest BCUT2D eigenvalue weighted by molar-refractivity contribution is 7.21. The van der Waals surface area contributed by atoms with Crippen molar-refractivity contribution in [3.8, 4) is 5.75 Å². The number of nitrogens with two attached hydrogens (primary N) is 1. The summed E-state index contributed by atoms with van der Waals surface area (Å²) in [6.45, 7) is 2.04. The predicted octanol–water partition coefficient (Wildman–Crippen LogP) is 3.70. The number of carbonyl (C=O) groups is 1. The number of carbonyl (C=O) groups excluding carboxylic acids is 1. The number of H-pyrrole nitrogens is 1. The van der Waals surface area contributed by atoms with Gasteiger partial charge in [-0.15, -0.1) is 11.3 Å². The molecule has 23 heavy (non-hydrogen) atoms. The Balaban J connectivity index is 1.94. The normalized spacial score (nSPS) is 12.3. The zero-order valence-electron chi connectivity index (χ0n) is 13.1. The highest BCUT2D eigenvalue weighted by Crippen LogP contribution is 2.38. The number of ether oxygens (including phenoxy) is 1. The van der Waals surface area contributed by atoms with Gasteiger partial charge in [-0.1, -0.05) is 6.92 Å². The Kier molecular flexibility index (Phi) is 4.25. The van der Waals surface area contributed by atoms with E-state index in [0.29, 0.717) is 16.3 Å². The number of anilines is 1. The Morgan fingerprint density at radius 1 is 1.43 bits per heavy atom. The van der Waals surface area contributed by atoms with Crippen molar-refractivity contribution in [2.75, 3.05) is 12.8 Å². The van der Waals surface area contributed by atoms with Gasteiger partial charge in [-0.2, -0.15) is 0 Å². The zero-order chi connectivity index (χ0) is 16.4. The Bertz CT molecular complexity index is 824. The van der Waals surface area contributed by atoms with E-state index in [9.17, 15) is 4.79 Å². The van der Waals surface area contributed by atoms with Gasteiger partial charge in [0.25, 0.3) is 5.91 Å². The number of aromatic amines is 1. The molecule has 1 atom stereocenters. The lowest BCUT2D eigenvalue weighted by Crippen LogP contribution is -2.28. The summed E-state index contributed by atoms with van der Waals surface area (Å²) in [4.78, 5) is 16.4. The maximum absolute atomic E-state index is 12.7. The van der Waals surface area contributed by atoms with Crippen molar-refractivity contribution < 1.29 is 9.53 Å². The molecule has 3 rings (SSSR count). The third-order valence-electron chi connectivity index (χ3n) is 3.79. The van der Waals surface area contributed by atoms with Gasteiger partial charge >= 0.3 is 0 Å². The van der Waals surface area contributed by atoms with Crippen LogP contribution < -0.4 is 15.8 Å². The molecular formula is C17H19N3O2S. The molecule has 6 heteroatoms. The van der Waals surface area contributed by atoms with Gasteiger partial charge in [-0.05, 0) is 36.8 Å². The number of thiophene rings is 1. The van der Waals surface area contributed by atoms with Crippen LogP contribution in [-0.4, -0.2) is 18.0 Å². The average Bonchev–Trinajstić information content (AvgIpc) is 3.19. The predicted molar refractivity (Wildman–Crippen MR) is 94.1 cm³/mol. The lowest BCUT2D eigenvalue weighted by Gasteiger charge is -2.15. The van der Waals surface area contributed by atoms with E-state index < -0.39 is 0 Å². The van der Waals surface area contributed by atoms with Crippen molar-refractivity contribution in [3.05, 3.63) is 47.1 Å². The molecule has 120 valence electrons. The number of fused-ring (bicyclic) bond motifs is 1. The van der Waals surface area contributed by atoms with E-state index in [4.69, 9.17) is 10.5 Å². The molecule has 0 bridgehead atoms. The fraction of sp³-hybridized carbons (Fsp3) is 0.235. The largest absolute Gasteiger partial charge is 0.494 e. The quantitative estimate of drug-likeness (QED) is 0.624. The first-order valence-electron chi connectivity index (χ1n) is 7.44. The monoisotopic (exact) mass is 329 g/mol. The Morgan fingerprint density at radius 2 is 2.26 bits per heavy atom. The van der Waals surface area contributed by atoms with Crippen LogP contribution in [0.3, 0.4) is 0 Å². The van der Waals surface area contributed by atoms with E-state index in [0.717, 1.165) is 22.2 Å². The van der Waals surface area contributed by atoms with Crippen molar-refractivity contribution in [1.29, 1.82) is 0 Å². The van der Waals surface area contributed by atoms with E-state index in [1.165, 1.54) is 11.3 Å². The van der Waals surface area contributed by atoms with Gasteiger partial charge in [0.1, 0.15) is 10.6 Å². The van der Waals surface area contributed by atoms with E-state index in [1.54, 1.807) is 7.11 Å². The molecule has 1 amide bonds. The first-order valence-corrected chi connectivity index (χ1v) is 8.25. The number of nitrogens with one attached hydrogen (secondary N) is 2. The van der Waals surface area contributed by atoms with Crippen LogP contribution in [0.4, 0.5) is 5.69 Å². The SMILES string of the molecule is CCC(NC(=O)c1sc2ccc(N)cc2c1OC)c1ccc[nH]1. The summed E-state index contributed by atoms with van der Waals surface area (Å²) in [5.41, 5.74) is 7.49. The summed E-state index contributed by atoms with van der Waals surface area (Å²) in [6.07, 6.45) is 2.65. The van der Waals surface area contributed by atoms with Crippen molar-refractivity contribution in [2.24, 2.45) is 0 Å². The molecule has 0 saturated carbocycles. The molecule has 0 aliphatic rings. The molecule has 2 heterocycles. The lowest BCUT2D eigenvalue weighted by molar-refractivity contribution is 0.0936. The Hall–Kier alpha value is -2.47. The maximum atomic E-state index is 12.7. The van der Waals surface area contributed by atoms with Gasteiger partial charge in [0.15, 0.2) is 0 Å². The maximum Gasteiger partial charge on any atom is 0.265 e. The average molecular weight is 329 g/mol. The summed E-state index contributed by atoms with van der Waals surface area (Å²) in [5, 5.41) is 3.94. The van der Waals surface area contributed by atoms with E-state index >= 15 is 0 Å². The molecule has 3 aromatic rings. The summed E-state index contributed by atoms with van der Waals surface area (Å²) in [6, 6.07) is 9.41. The van der Waals surface area contributed by atoms with Crippen LogP contribution in [0.1, 0.15) is 34.8 Å². The number of hydrogen-bond acceptors (Lipinski definition) is 4. The number of rotatable bonds is 5. The minimum absolute atomic E-state index is 0.0579. The zero-order valence-corrected chi connectivity index (χ0v) is 13.9. The first kappa shape index (κ1) is 15.4. The molecule has 0 aliphatic carbocycles. The molecular weight excluding hydrogens is 310 g/mol. The summed E-state index contributed by atoms with van der Waals surface area (Å²) >= 11 is 1.41. The minimum atomic E-state index is -0.136. The van der Waals surface area contributed by atoms with Gasteiger partial charge in [-0.3, -0.25) is 4.79 Å². The third-order valence-corrected chi connectivity index (χ3v) is 4.94. The van der Waals surface area contributed by atoms with E-state index in [-0.39, 0.29) is 11.9 Å². The summed E-state index contributed by atoms with van der Waals surface area (Å²) < 4.78 is 6.45. The molecule has 4 N–H and O–H groups in total. The smallest absolute Gasteiger partial charge is 0.265 e. The van der Waals surface area contributed by atoms with Crippen molar-refractivity contribution in [2.45, 2.75) is 19.4 Å². The second-order valence-electron chi connectivity index (χ2n) is 5.28. The van der Waals surface area contributed by atoms with Crippen LogP contribution in [0.25, 0.3) is 10.1 Å². The molecule has 0 fully saturated rings. The lowest BCUT2D eigenvalue weighted by atomic mass is 10.1. The molecule has 0 saturated heterocycles. The summed E-state index contributed by atoms with van der Waals surface area (Å²) in [5.74, 6) is 0.444. The Labute approximate surface area is 138 Å². The molecule has 1 unspecified atom stereocenters. The van der Waals surface area contributed by atoms with Crippen LogP contribution >= 0.6 is 11.3 Å². The van der Waals surface area contributed by atoms with Crippen molar-refractivity contribution >= 4 is 33.0 Å². The van der Waals surface area contributed by atoms with Crippen LogP contribution in [0.15, 0.2) is 36.5 Å². The number of methoxy groups -OCH3 is 1. The summed E-state index contributed by atoms with van der Waals surface area (Å²) in [7, 11) is 1.57. The first-order chi connectivity index (χ1) is 11.1. The molecule has 0 aliphatic heterocycles. The molecule has 1 aromatic carbocycles. The van der Waals surface area contributed by atoms with Crippen LogP contribution in [0.5, 0.6) is 5.75 Å². The van der Waals surface area contributed by atoms with Gasteiger partial charge in [0.05, 0.1) is 13.2 Å². The second kappa shape index (κ2) is 6.34. The molecule has 5 nitrogen and oxygen atoms in total. The van der Waals surface area contributed by atoms with Crippen molar-refractivity contribution in [1.82, 2.24) is 10.3 Å². The van der Waals surface area contributed by atoms with Crippen LogP contribution in [0, 0.1) is 0 Å². The molecule has 0 spiro atoms. The van der Waals surface area contributed by atoms with Gasteiger partial charge in [0, 0.05) is 27.7 Å². The standard InChI is InChI=1S/C17H19N3O2S/c1-3-12(13-5-4-8-19-13)20-17(21)16-15(22-2)11-9-10(18)6-7-14(11)23-16/h4-9,12,19H,3,18H2,1-2H3,(H,20,21). The third kappa shape index (κ3) is 2.90. The van der Waals surface area contributed by atoms with Gasteiger partial charge in [-0.25, -0.2) is 0 Å².